The van der Waals surface area contributed by atoms with Gasteiger partial charge in [-0.05, 0) is 69.7 Å². The molecule has 0 unspecified atom stereocenters. The molecule has 3 aliphatic heterocycles. The van der Waals surface area contributed by atoms with Gasteiger partial charge in [0, 0.05) is 43.5 Å². The molecule has 1 atom stereocenters. The molecule has 0 radical (unpaired) electrons. The number of hydrogen-bond donors (Lipinski definition) is 2. The molecule has 0 saturated carbocycles. The third kappa shape index (κ3) is 4.51. The van der Waals surface area contributed by atoms with Gasteiger partial charge in [-0.25, -0.2) is 9.97 Å². The highest BCUT2D eigenvalue weighted by molar-refractivity contribution is 7.97. The van der Waals surface area contributed by atoms with Crippen molar-refractivity contribution in [3.05, 3.63) is 35.9 Å². The molecule has 5 rings (SSSR count). The van der Waals surface area contributed by atoms with Crippen molar-refractivity contribution in [3.63, 3.8) is 0 Å². The molecular weight excluding hydrogens is 436 g/mol. The quantitative estimate of drug-likeness (QED) is 0.617. The van der Waals surface area contributed by atoms with Crippen LogP contribution in [0.3, 0.4) is 0 Å². The van der Waals surface area contributed by atoms with Gasteiger partial charge in [-0.1, -0.05) is 6.07 Å². The second-order valence-corrected chi connectivity index (χ2v) is 10.5. The van der Waals surface area contributed by atoms with Crippen molar-refractivity contribution >= 4 is 41.2 Å². The zero-order valence-electron chi connectivity index (χ0n) is 19.1. The molecule has 2 amide bonds. The Labute approximate surface area is 198 Å². The number of carbonyl (C=O) groups is 2. The Morgan fingerprint density at radius 3 is 2.82 bits per heavy atom. The number of carbonyl (C=O) groups excluding carboxylic acids is 2. The molecule has 0 aromatic carbocycles. The zero-order valence-corrected chi connectivity index (χ0v) is 20.0. The molecule has 4 bridgehead atoms. The molecule has 2 fully saturated rings. The van der Waals surface area contributed by atoms with Crippen molar-refractivity contribution in [1.82, 2.24) is 14.7 Å². The van der Waals surface area contributed by atoms with Crippen molar-refractivity contribution in [2.75, 3.05) is 34.8 Å². The number of hydrogen-bond acceptors (Lipinski definition) is 7. The summed E-state index contributed by atoms with van der Waals surface area (Å²) in [5.74, 6) is 2.50. The van der Waals surface area contributed by atoms with Crippen molar-refractivity contribution in [2.45, 2.75) is 56.5 Å². The van der Waals surface area contributed by atoms with Gasteiger partial charge in [-0.2, -0.15) is 0 Å². The third-order valence-electron chi connectivity index (χ3n) is 6.74. The lowest BCUT2D eigenvalue weighted by atomic mass is 9.93. The van der Waals surface area contributed by atoms with Gasteiger partial charge in [-0.15, -0.1) is 0 Å². The second-order valence-electron chi connectivity index (χ2n) is 9.65. The summed E-state index contributed by atoms with van der Waals surface area (Å²) in [6, 6.07) is 9.37. The maximum atomic E-state index is 13.3. The molecular formula is C24H30N6O2S. The highest BCUT2D eigenvalue weighted by Crippen LogP contribution is 2.40. The van der Waals surface area contributed by atoms with E-state index < -0.39 is 0 Å². The van der Waals surface area contributed by atoms with Crippen LogP contribution >= 0.6 is 11.9 Å². The van der Waals surface area contributed by atoms with Crippen LogP contribution in [0.5, 0.6) is 0 Å². The van der Waals surface area contributed by atoms with Crippen LogP contribution in [0.2, 0.25) is 0 Å². The SMILES string of the molecule is CC1(C)C[C@@H]2CCCNc3cccc(n3)SNC(=O)c3ccc(N4CCCC4=O)nc3N1C2. The van der Waals surface area contributed by atoms with Gasteiger partial charge >= 0.3 is 0 Å². The maximum absolute atomic E-state index is 13.3. The second kappa shape index (κ2) is 8.85. The van der Waals surface area contributed by atoms with Crippen LogP contribution in [-0.4, -0.2) is 47.0 Å². The highest BCUT2D eigenvalue weighted by Gasteiger charge is 2.40. The van der Waals surface area contributed by atoms with E-state index in [4.69, 9.17) is 4.98 Å². The van der Waals surface area contributed by atoms with Gasteiger partial charge in [0.05, 0.1) is 5.56 Å². The first kappa shape index (κ1) is 22.0. The average molecular weight is 467 g/mol. The molecule has 0 spiro atoms. The average Bonchev–Trinajstić information content (AvgIpc) is 3.36. The fraction of sp³-hybridized carbons (Fsp3) is 0.500. The molecule has 33 heavy (non-hydrogen) atoms. The number of amides is 2. The van der Waals surface area contributed by atoms with Crippen molar-refractivity contribution < 1.29 is 9.59 Å². The number of nitrogens with zero attached hydrogens (tertiary/aromatic N) is 4. The molecule has 2 aromatic rings. The van der Waals surface area contributed by atoms with Crippen LogP contribution < -0.4 is 19.8 Å². The van der Waals surface area contributed by atoms with E-state index in [0.29, 0.717) is 36.1 Å². The number of anilines is 3. The topological polar surface area (TPSA) is 90.5 Å². The number of pyridine rings is 2. The number of nitrogens with one attached hydrogen (secondary N) is 2. The van der Waals surface area contributed by atoms with Crippen LogP contribution in [-0.2, 0) is 4.79 Å². The number of fused-ring (bicyclic) bond motifs is 6. The van der Waals surface area contributed by atoms with E-state index in [-0.39, 0.29) is 17.4 Å². The Balaban J connectivity index is 1.53. The predicted octanol–water partition coefficient (Wildman–Crippen LogP) is 3.85. The van der Waals surface area contributed by atoms with Crippen LogP contribution in [0.25, 0.3) is 0 Å². The summed E-state index contributed by atoms with van der Waals surface area (Å²) in [6.45, 7) is 6.81. The summed E-state index contributed by atoms with van der Waals surface area (Å²) in [5.41, 5.74) is 0.389. The zero-order chi connectivity index (χ0) is 23.0. The molecule has 2 N–H and O–H groups in total. The fourth-order valence-corrected chi connectivity index (χ4v) is 5.74. The van der Waals surface area contributed by atoms with Crippen LogP contribution in [0.15, 0.2) is 35.4 Å². The summed E-state index contributed by atoms with van der Waals surface area (Å²) in [5, 5.41) is 4.13. The van der Waals surface area contributed by atoms with Crippen molar-refractivity contribution in [3.8, 4) is 0 Å². The Morgan fingerprint density at radius 1 is 1.12 bits per heavy atom. The van der Waals surface area contributed by atoms with E-state index in [2.05, 4.69) is 33.8 Å². The lowest BCUT2D eigenvalue weighted by Gasteiger charge is -2.34. The van der Waals surface area contributed by atoms with Crippen LogP contribution in [0.4, 0.5) is 17.5 Å². The maximum Gasteiger partial charge on any atom is 0.265 e. The largest absolute Gasteiger partial charge is 0.370 e. The third-order valence-corrected chi connectivity index (χ3v) is 7.46. The van der Waals surface area contributed by atoms with Crippen LogP contribution in [0.1, 0.15) is 56.3 Å². The molecule has 174 valence electrons. The standard InChI is InChI=1S/C24H30N6O2S/c1-24(2)14-16-6-4-12-25-18-7-3-8-20(26-18)33-28-23(32)17-10-11-19(27-22(17)30(24)15-16)29-13-5-9-21(29)31/h3,7-8,10-11,16H,4-6,9,12-15H2,1-2H3,(H,25,26)(H,28,32)/t16-/m0/s1. The minimum absolute atomic E-state index is 0.0941. The lowest BCUT2D eigenvalue weighted by Crippen LogP contribution is -2.40. The van der Waals surface area contributed by atoms with Gasteiger partial charge in [0.2, 0.25) is 5.91 Å². The molecule has 2 aromatic heterocycles. The molecule has 9 heteroatoms. The van der Waals surface area contributed by atoms with E-state index in [0.717, 1.165) is 49.6 Å². The molecule has 2 saturated heterocycles. The van der Waals surface area contributed by atoms with Crippen molar-refractivity contribution in [1.29, 1.82) is 0 Å². The number of rotatable bonds is 1. The van der Waals surface area contributed by atoms with E-state index in [1.54, 1.807) is 11.0 Å². The Kier molecular flexibility index (Phi) is 5.90. The van der Waals surface area contributed by atoms with Gasteiger partial charge in [0.15, 0.2) is 0 Å². The summed E-state index contributed by atoms with van der Waals surface area (Å²) < 4.78 is 2.94. The van der Waals surface area contributed by atoms with Gasteiger partial charge in [0.25, 0.3) is 5.91 Å². The minimum atomic E-state index is -0.212. The van der Waals surface area contributed by atoms with E-state index in [1.807, 2.05) is 24.3 Å². The normalized spacial score (nSPS) is 22.8. The molecule has 3 aliphatic rings. The lowest BCUT2D eigenvalue weighted by molar-refractivity contribution is -0.117. The summed E-state index contributed by atoms with van der Waals surface area (Å²) >= 11 is 1.20. The minimum Gasteiger partial charge on any atom is -0.370 e. The molecule has 8 nitrogen and oxygen atoms in total. The van der Waals surface area contributed by atoms with Crippen LogP contribution in [0, 0.1) is 5.92 Å². The first-order valence-electron chi connectivity index (χ1n) is 11.7. The number of aromatic nitrogens is 2. The first-order chi connectivity index (χ1) is 15.9. The Morgan fingerprint density at radius 2 is 2.00 bits per heavy atom. The summed E-state index contributed by atoms with van der Waals surface area (Å²) in [7, 11) is 0. The highest BCUT2D eigenvalue weighted by atomic mass is 32.2. The fourth-order valence-electron chi connectivity index (χ4n) is 5.15. The Bertz CT molecular complexity index is 1070. The van der Waals surface area contributed by atoms with Crippen molar-refractivity contribution in [2.24, 2.45) is 5.92 Å². The molecule has 0 aliphatic carbocycles. The first-order valence-corrected chi connectivity index (χ1v) is 12.5. The summed E-state index contributed by atoms with van der Waals surface area (Å²) in [6.07, 6.45) is 4.56. The monoisotopic (exact) mass is 466 g/mol. The van der Waals surface area contributed by atoms with Gasteiger partial charge in [-0.3, -0.25) is 19.2 Å². The van der Waals surface area contributed by atoms with Gasteiger partial charge < -0.3 is 10.2 Å². The van der Waals surface area contributed by atoms with Gasteiger partial charge in [0.1, 0.15) is 22.5 Å². The smallest absolute Gasteiger partial charge is 0.265 e. The van der Waals surface area contributed by atoms with E-state index >= 15 is 0 Å². The van der Waals surface area contributed by atoms with E-state index in [9.17, 15) is 9.59 Å². The summed E-state index contributed by atoms with van der Waals surface area (Å²) in [4.78, 5) is 39.2. The molecule has 5 heterocycles. The predicted molar refractivity (Wildman–Crippen MR) is 131 cm³/mol. The Hall–Kier alpha value is -2.81. The van der Waals surface area contributed by atoms with E-state index in [1.165, 1.54) is 11.9 Å².